The van der Waals surface area contributed by atoms with Gasteiger partial charge in [-0.1, -0.05) is 50.8 Å². The van der Waals surface area contributed by atoms with Gasteiger partial charge in [0.25, 0.3) is 0 Å². The summed E-state index contributed by atoms with van der Waals surface area (Å²) < 4.78 is 78.0. The highest BCUT2D eigenvalue weighted by Crippen LogP contribution is 2.31. The van der Waals surface area contributed by atoms with Gasteiger partial charge in [0.2, 0.25) is 5.96 Å². The van der Waals surface area contributed by atoms with Crippen molar-refractivity contribution in [2.75, 3.05) is 13.1 Å². The van der Waals surface area contributed by atoms with Crippen LogP contribution >= 0.6 is 0 Å². The van der Waals surface area contributed by atoms with Crippen LogP contribution in [-0.2, 0) is 12.4 Å². The summed E-state index contributed by atoms with van der Waals surface area (Å²) in [4.78, 5) is 0. The van der Waals surface area contributed by atoms with Crippen molar-refractivity contribution in [1.29, 1.82) is 0 Å². The van der Waals surface area contributed by atoms with Crippen LogP contribution in [0.3, 0.4) is 0 Å². The maximum Gasteiger partial charge on any atom is 0.416 e. The normalized spacial score (nSPS) is 16.6. The zero-order valence-corrected chi connectivity index (χ0v) is 19.1. The lowest BCUT2D eigenvalue weighted by molar-refractivity contribution is -0.138. The van der Waals surface area contributed by atoms with Crippen LogP contribution < -0.4 is 10.6 Å². The standard InChI is InChI=1S/C25H24F6N4/c1-16(18-5-4-6-20(13-18)25(29,30)31)21(34-35-22-32-14-23(2,3)15-33-22)12-9-17-7-10-19(11-8-17)24(26,27)28/h4-13H,1,14-15H2,2-3H3,(H2,32,33,35). The molecule has 10 heteroatoms. The Labute approximate surface area is 199 Å². The van der Waals surface area contributed by atoms with Gasteiger partial charge in [0.1, 0.15) is 0 Å². The number of benzene rings is 2. The number of halogens is 6. The summed E-state index contributed by atoms with van der Waals surface area (Å²) in [7, 11) is 0. The van der Waals surface area contributed by atoms with E-state index in [0.29, 0.717) is 24.6 Å². The first-order valence-electron chi connectivity index (χ1n) is 10.6. The molecule has 0 aliphatic carbocycles. The van der Waals surface area contributed by atoms with Gasteiger partial charge < -0.3 is 10.6 Å². The molecule has 1 aliphatic heterocycles. The van der Waals surface area contributed by atoms with E-state index in [-0.39, 0.29) is 22.3 Å². The van der Waals surface area contributed by atoms with Crippen LogP contribution in [0.4, 0.5) is 26.3 Å². The summed E-state index contributed by atoms with van der Waals surface area (Å²) in [5.41, 5.74) is -0.709. The molecular formula is C25H24F6N4. The van der Waals surface area contributed by atoms with E-state index >= 15 is 0 Å². The quantitative estimate of drug-likeness (QED) is 0.288. The molecule has 0 bridgehead atoms. The minimum absolute atomic E-state index is 0.00429. The van der Waals surface area contributed by atoms with Gasteiger partial charge in [-0.15, -0.1) is 10.2 Å². The van der Waals surface area contributed by atoms with E-state index < -0.39 is 23.5 Å². The molecular weight excluding hydrogens is 470 g/mol. The summed E-state index contributed by atoms with van der Waals surface area (Å²) in [6.45, 7) is 9.28. The van der Waals surface area contributed by atoms with Crippen LogP contribution in [-0.4, -0.2) is 24.8 Å². The van der Waals surface area contributed by atoms with Gasteiger partial charge in [-0.2, -0.15) is 26.3 Å². The van der Waals surface area contributed by atoms with Gasteiger partial charge >= 0.3 is 12.4 Å². The summed E-state index contributed by atoms with van der Waals surface area (Å²) in [6, 6.07) is 9.07. The first kappa shape index (κ1) is 26.1. The topological polar surface area (TPSA) is 48.8 Å². The van der Waals surface area contributed by atoms with E-state index in [2.05, 4.69) is 41.3 Å². The number of guanidine groups is 1. The van der Waals surface area contributed by atoms with Crippen LogP contribution in [0.5, 0.6) is 0 Å². The summed E-state index contributed by atoms with van der Waals surface area (Å²) in [6.07, 6.45) is -6.06. The highest BCUT2D eigenvalue weighted by Gasteiger charge is 2.31. The number of hydrogen-bond donors (Lipinski definition) is 2. The van der Waals surface area contributed by atoms with Crippen LogP contribution in [0.15, 0.2) is 71.4 Å². The predicted molar refractivity (Wildman–Crippen MR) is 126 cm³/mol. The molecule has 0 aromatic heterocycles. The molecule has 0 spiro atoms. The van der Waals surface area contributed by atoms with Crippen molar-refractivity contribution in [3.63, 3.8) is 0 Å². The third-order valence-corrected chi connectivity index (χ3v) is 5.25. The molecule has 0 radical (unpaired) electrons. The molecule has 1 fully saturated rings. The Morgan fingerprint density at radius 2 is 1.51 bits per heavy atom. The SMILES string of the molecule is C=C(C(C=Cc1ccc(C(F)(F)F)cc1)=NN=C1NCC(C)(C)CN1)c1cccc(C(F)(F)F)c1. The average molecular weight is 494 g/mol. The largest absolute Gasteiger partial charge is 0.416 e. The van der Waals surface area contributed by atoms with Gasteiger partial charge in [-0.25, -0.2) is 0 Å². The number of alkyl halides is 6. The van der Waals surface area contributed by atoms with Crippen LogP contribution in [0, 0.1) is 5.41 Å². The second-order valence-electron chi connectivity index (χ2n) is 8.82. The molecule has 1 aliphatic rings. The molecule has 0 atom stereocenters. The lowest BCUT2D eigenvalue weighted by Crippen LogP contribution is -2.53. The van der Waals surface area contributed by atoms with Gasteiger partial charge in [0.05, 0.1) is 16.8 Å². The Morgan fingerprint density at radius 1 is 0.914 bits per heavy atom. The third-order valence-electron chi connectivity index (χ3n) is 5.25. The summed E-state index contributed by atoms with van der Waals surface area (Å²) in [5, 5.41) is 14.5. The van der Waals surface area contributed by atoms with E-state index in [9.17, 15) is 26.3 Å². The number of allylic oxidation sites excluding steroid dienone is 2. The molecule has 2 N–H and O–H groups in total. The Kier molecular flexibility index (Phi) is 7.42. The summed E-state index contributed by atoms with van der Waals surface area (Å²) in [5.74, 6) is 0.390. The monoisotopic (exact) mass is 494 g/mol. The van der Waals surface area contributed by atoms with Gasteiger partial charge in [0.15, 0.2) is 0 Å². The van der Waals surface area contributed by atoms with Crippen LogP contribution in [0.2, 0.25) is 0 Å². The van der Waals surface area contributed by atoms with Crippen molar-refractivity contribution in [2.45, 2.75) is 26.2 Å². The Bertz CT molecular complexity index is 1140. The smallest absolute Gasteiger partial charge is 0.354 e. The lowest BCUT2D eigenvalue weighted by Gasteiger charge is -2.31. The number of rotatable bonds is 5. The molecule has 2 aromatic carbocycles. The first-order chi connectivity index (χ1) is 16.2. The molecule has 0 saturated carbocycles. The van der Waals surface area contributed by atoms with E-state index in [0.717, 1.165) is 24.3 Å². The van der Waals surface area contributed by atoms with Gasteiger partial charge in [-0.05, 0) is 46.9 Å². The molecule has 1 saturated heterocycles. The molecule has 186 valence electrons. The van der Waals surface area contributed by atoms with E-state index in [1.165, 1.54) is 36.4 Å². The molecule has 0 amide bonds. The Morgan fingerprint density at radius 3 is 2.09 bits per heavy atom. The molecule has 0 unspecified atom stereocenters. The zero-order valence-electron chi connectivity index (χ0n) is 19.1. The minimum atomic E-state index is -4.54. The second kappa shape index (κ2) is 9.97. The third kappa shape index (κ3) is 7.21. The summed E-state index contributed by atoms with van der Waals surface area (Å²) >= 11 is 0. The van der Waals surface area contributed by atoms with Crippen molar-refractivity contribution in [1.82, 2.24) is 10.6 Å². The Balaban J connectivity index is 1.93. The fraction of sp³-hybridized carbons (Fsp3) is 0.280. The number of hydrogen-bond acceptors (Lipinski definition) is 2. The average Bonchev–Trinajstić information content (AvgIpc) is 2.79. The maximum atomic E-state index is 13.2. The fourth-order valence-corrected chi connectivity index (χ4v) is 3.13. The molecule has 35 heavy (non-hydrogen) atoms. The van der Waals surface area contributed by atoms with Gasteiger partial charge in [0, 0.05) is 18.7 Å². The van der Waals surface area contributed by atoms with Crippen LogP contribution in [0.25, 0.3) is 11.6 Å². The van der Waals surface area contributed by atoms with Crippen molar-refractivity contribution >= 4 is 23.3 Å². The predicted octanol–water partition coefficient (Wildman–Crippen LogP) is 6.38. The van der Waals surface area contributed by atoms with Crippen LogP contribution in [0.1, 0.15) is 36.1 Å². The minimum Gasteiger partial charge on any atom is -0.354 e. The fourth-order valence-electron chi connectivity index (χ4n) is 3.13. The molecule has 1 heterocycles. The van der Waals surface area contributed by atoms with Gasteiger partial charge in [-0.3, -0.25) is 0 Å². The van der Waals surface area contributed by atoms with E-state index in [1.807, 2.05) is 0 Å². The van der Waals surface area contributed by atoms with E-state index in [1.54, 1.807) is 0 Å². The van der Waals surface area contributed by atoms with Crippen molar-refractivity contribution < 1.29 is 26.3 Å². The zero-order chi connectivity index (χ0) is 25.9. The Hall–Kier alpha value is -3.56. The maximum absolute atomic E-state index is 13.2. The highest BCUT2D eigenvalue weighted by atomic mass is 19.4. The van der Waals surface area contributed by atoms with E-state index in [4.69, 9.17) is 0 Å². The number of nitrogens with one attached hydrogen (secondary N) is 2. The molecule has 4 nitrogen and oxygen atoms in total. The lowest BCUT2D eigenvalue weighted by atomic mass is 9.92. The van der Waals surface area contributed by atoms with Crippen molar-refractivity contribution in [2.24, 2.45) is 15.6 Å². The molecule has 2 aromatic rings. The van der Waals surface area contributed by atoms with Crippen molar-refractivity contribution in [3.05, 3.63) is 83.4 Å². The second-order valence-corrected chi connectivity index (χ2v) is 8.82. The first-order valence-corrected chi connectivity index (χ1v) is 10.6. The highest BCUT2D eigenvalue weighted by molar-refractivity contribution is 6.29. The molecule has 3 rings (SSSR count). The van der Waals surface area contributed by atoms with Crippen molar-refractivity contribution in [3.8, 4) is 0 Å². The number of nitrogens with zero attached hydrogens (tertiary/aromatic N) is 2.